The van der Waals surface area contributed by atoms with E-state index in [0.29, 0.717) is 24.0 Å². The Bertz CT molecular complexity index is 1280. The van der Waals surface area contributed by atoms with E-state index in [1.54, 1.807) is 43.0 Å². The minimum Gasteiger partial charge on any atom is -0.497 e. The van der Waals surface area contributed by atoms with Gasteiger partial charge in [-0.15, -0.1) is 0 Å². The minimum atomic E-state index is -0.930. The van der Waals surface area contributed by atoms with Gasteiger partial charge < -0.3 is 29.2 Å². The second-order valence-electron chi connectivity index (χ2n) is 8.80. The van der Waals surface area contributed by atoms with E-state index in [2.05, 4.69) is 15.2 Å². The lowest BCUT2D eigenvalue weighted by Gasteiger charge is -2.26. The van der Waals surface area contributed by atoms with Crippen LogP contribution in [0.3, 0.4) is 0 Å². The molecule has 3 heterocycles. The molecule has 2 N–H and O–H groups in total. The average molecular weight is 503 g/mol. The number of aryl methyl sites for hydroxylation is 1. The molecular formula is C24H34N6O6. The van der Waals surface area contributed by atoms with Crippen molar-refractivity contribution in [3.63, 3.8) is 0 Å². The van der Waals surface area contributed by atoms with E-state index in [0.717, 1.165) is 43.8 Å². The highest BCUT2D eigenvalue weighted by Crippen LogP contribution is 2.19. The Morgan fingerprint density at radius 3 is 2.50 bits per heavy atom. The molecule has 1 atom stereocenters. The van der Waals surface area contributed by atoms with Crippen LogP contribution in [0.15, 0.2) is 33.9 Å². The van der Waals surface area contributed by atoms with Gasteiger partial charge in [0, 0.05) is 33.7 Å². The highest BCUT2D eigenvalue weighted by atomic mass is 16.5. The number of anilines is 1. The molecule has 0 spiro atoms. The molecule has 1 unspecified atom stereocenters. The molecular weight excluding hydrogens is 468 g/mol. The first-order valence-corrected chi connectivity index (χ1v) is 12.0. The molecule has 36 heavy (non-hydrogen) atoms. The van der Waals surface area contributed by atoms with Gasteiger partial charge in [-0.2, -0.15) is 4.98 Å². The number of nitrogens with zero attached hydrogens (tertiary/aromatic N) is 5. The van der Waals surface area contributed by atoms with Crippen LogP contribution in [0.2, 0.25) is 0 Å². The van der Waals surface area contributed by atoms with Crippen molar-refractivity contribution in [2.45, 2.75) is 19.1 Å². The summed E-state index contributed by atoms with van der Waals surface area (Å²) in [6, 6.07) is 7.05. The number of hydrogen-bond donors (Lipinski definition) is 2. The summed E-state index contributed by atoms with van der Waals surface area (Å²) in [5, 5.41) is 14.1. The Hall–Kier alpha value is -3.35. The van der Waals surface area contributed by atoms with E-state index < -0.39 is 17.4 Å². The normalized spacial score (nSPS) is 15.2. The number of nitrogens with one attached hydrogen (secondary N) is 1. The van der Waals surface area contributed by atoms with E-state index in [4.69, 9.17) is 14.2 Å². The maximum Gasteiger partial charge on any atom is 0.332 e. The van der Waals surface area contributed by atoms with E-state index in [9.17, 15) is 14.7 Å². The summed E-state index contributed by atoms with van der Waals surface area (Å²) >= 11 is 0. The Kier molecular flexibility index (Phi) is 8.28. The van der Waals surface area contributed by atoms with Gasteiger partial charge in [-0.25, -0.2) is 4.79 Å². The fraction of sp³-hybridized carbons (Fsp3) is 0.542. The third-order valence-corrected chi connectivity index (χ3v) is 6.28. The molecule has 1 aliphatic rings. The van der Waals surface area contributed by atoms with Crippen molar-refractivity contribution in [3.8, 4) is 11.5 Å². The van der Waals surface area contributed by atoms with Crippen molar-refractivity contribution >= 4 is 17.1 Å². The van der Waals surface area contributed by atoms with Crippen LogP contribution < -0.4 is 26.0 Å². The van der Waals surface area contributed by atoms with Crippen LogP contribution in [0, 0.1) is 0 Å². The van der Waals surface area contributed by atoms with Crippen LogP contribution >= 0.6 is 0 Å². The number of benzene rings is 1. The summed E-state index contributed by atoms with van der Waals surface area (Å²) in [4.78, 5) is 32.4. The lowest BCUT2D eigenvalue weighted by molar-refractivity contribution is 0.0378. The summed E-state index contributed by atoms with van der Waals surface area (Å²) < 4.78 is 20.3. The fourth-order valence-electron chi connectivity index (χ4n) is 4.21. The number of methoxy groups -OCH3 is 1. The second kappa shape index (κ2) is 11.6. The van der Waals surface area contributed by atoms with E-state index in [1.807, 2.05) is 0 Å². The molecule has 0 saturated carbocycles. The van der Waals surface area contributed by atoms with Crippen LogP contribution in [0.25, 0.3) is 11.2 Å². The maximum atomic E-state index is 13.0. The van der Waals surface area contributed by atoms with Crippen molar-refractivity contribution < 1.29 is 19.3 Å². The SMILES string of the molecule is COc1ccc(OCC(O)Cn2c(NCCCN3CCOCC3)nc3c2c(=O)n(C)c(=O)n3C)cc1. The van der Waals surface area contributed by atoms with Crippen LogP contribution in [0.5, 0.6) is 11.5 Å². The van der Waals surface area contributed by atoms with E-state index >= 15 is 0 Å². The Balaban J connectivity index is 1.50. The van der Waals surface area contributed by atoms with Gasteiger partial charge in [0.05, 0.1) is 26.9 Å². The average Bonchev–Trinajstić information content (AvgIpc) is 3.26. The molecule has 1 saturated heterocycles. The maximum absolute atomic E-state index is 13.0. The number of imidazole rings is 1. The summed E-state index contributed by atoms with van der Waals surface area (Å²) in [6.45, 7) is 4.92. The van der Waals surface area contributed by atoms with E-state index in [-0.39, 0.29) is 24.3 Å². The van der Waals surface area contributed by atoms with Crippen molar-refractivity contribution in [1.82, 2.24) is 23.6 Å². The highest BCUT2D eigenvalue weighted by Gasteiger charge is 2.21. The largest absolute Gasteiger partial charge is 0.497 e. The molecule has 1 fully saturated rings. The second-order valence-corrected chi connectivity index (χ2v) is 8.80. The number of ether oxygens (including phenoxy) is 3. The van der Waals surface area contributed by atoms with Crippen molar-refractivity contribution in [1.29, 1.82) is 0 Å². The Labute approximate surface area is 208 Å². The number of rotatable bonds is 11. The van der Waals surface area contributed by atoms with Crippen LogP contribution in [0.1, 0.15) is 6.42 Å². The highest BCUT2D eigenvalue weighted by molar-refractivity contribution is 5.74. The first-order chi connectivity index (χ1) is 17.4. The number of aromatic nitrogens is 4. The number of aliphatic hydroxyl groups excluding tert-OH is 1. The van der Waals surface area contributed by atoms with Gasteiger partial charge in [0.15, 0.2) is 11.2 Å². The molecule has 1 aromatic carbocycles. The monoisotopic (exact) mass is 502 g/mol. The predicted octanol–water partition coefficient (Wildman–Crippen LogP) is 0.0164. The predicted molar refractivity (Wildman–Crippen MR) is 135 cm³/mol. The van der Waals surface area contributed by atoms with Gasteiger partial charge in [0.2, 0.25) is 5.95 Å². The third-order valence-electron chi connectivity index (χ3n) is 6.28. The van der Waals surface area contributed by atoms with Crippen molar-refractivity contribution in [3.05, 3.63) is 45.1 Å². The molecule has 12 nitrogen and oxygen atoms in total. The number of aliphatic hydroxyl groups is 1. The van der Waals surface area contributed by atoms with Gasteiger partial charge >= 0.3 is 5.69 Å². The van der Waals surface area contributed by atoms with Crippen LogP contribution in [-0.4, -0.2) is 87.9 Å². The zero-order valence-corrected chi connectivity index (χ0v) is 21.0. The first kappa shape index (κ1) is 25.7. The smallest absolute Gasteiger partial charge is 0.332 e. The van der Waals surface area contributed by atoms with Gasteiger partial charge in [0.25, 0.3) is 5.56 Å². The first-order valence-electron chi connectivity index (χ1n) is 12.0. The summed E-state index contributed by atoms with van der Waals surface area (Å²) in [5.74, 6) is 1.72. The van der Waals surface area contributed by atoms with Crippen LogP contribution in [0.4, 0.5) is 5.95 Å². The fourth-order valence-corrected chi connectivity index (χ4v) is 4.21. The molecule has 0 aliphatic carbocycles. The summed E-state index contributed by atoms with van der Waals surface area (Å²) in [7, 11) is 4.59. The Morgan fingerprint density at radius 1 is 1.11 bits per heavy atom. The van der Waals surface area contributed by atoms with Gasteiger partial charge in [0.1, 0.15) is 24.2 Å². The zero-order valence-electron chi connectivity index (χ0n) is 21.0. The zero-order chi connectivity index (χ0) is 25.7. The van der Waals surface area contributed by atoms with Gasteiger partial charge in [-0.3, -0.25) is 18.8 Å². The van der Waals surface area contributed by atoms with Gasteiger partial charge in [-0.1, -0.05) is 0 Å². The topological polar surface area (TPSA) is 125 Å². The molecule has 196 valence electrons. The standard InChI is InChI=1S/C24H34N6O6/c1-27-21-20(22(32)28(2)24(27)33)30(15-17(31)16-36-19-7-5-18(34-3)6-8-19)23(26-21)25-9-4-10-29-11-13-35-14-12-29/h5-8,17,31H,4,9-16H2,1-3H3,(H,25,26). The summed E-state index contributed by atoms with van der Waals surface area (Å²) in [5.41, 5.74) is -0.412. The Morgan fingerprint density at radius 2 is 1.81 bits per heavy atom. The lowest BCUT2D eigenvalue weighted by atomic mass is 10.3. The van der Waals surface area contributed by atoms with Crippen molar-refractivity contribution in [2.75, 3.05) is 58.4 Å². The van der Waals surface area contributed by atoms with Crippen LogP contribution in [-0.2, 0) is 25.4 Å². The van der Waals surface area contributed by atoms with E-state index in [1.165, 1.54) is 11.6 Å². The molecule has 0 bridgehead atoms. The minimum absolute atomic E-state index is 0.00848. The number of hydrogen-bond acceptors (Lipinski definition) is 9. The summed E-state index contributed by atoms with van der Waals surface area (Å²) in [6.07, 6.45) is -0.0659. The molecule has 4 rings (SSSR count). The molecule has 0 radical (unpaired) electrons. The molecule has 3 aromatic rings. The molecule has 1 aliphatic heterocycles. The van der Waals surface area contributed by atoms with Gasteiger partial charge in [-0.05, 0) is 37.2 Å². The lowest BCUT2D eigenvalue weighted by Crippen LogP contribution is -2.38. The molecule has 0 amide bonds. The quantitative estimate of drug-likeness (QED) is 0.349. The number of fused-ring (bicyclic) bond motifs is 1. The third kappa shape index (κ3) is 5.72. The molecule has 2 aromatic heterocycles. The number of morpholine rings is 1. The molecule has 12 heteroatoms. The van der Waals surface area contributed by atoms with Crippen molar-refractivity contribution in [2.24, 2.45) is 14.1 Å².